The van der Waals surface area contributed by atoms with Gasteiger partial charge < -0.3 is 24.8 Å². The van der Waals surface area contributed by atoms with Crippen LogP contribution in [0.1, 0.15) is 0 Å². The number of halogens is 1. The van der Waals surface area contributed by atoms with Crippen LogP contribution in [-0.4, -0.2) is 57.5 Å². The zero-order chi connectivity index (χ0) is 17.9. The first-order valence-electron chi connectivity index (χ1n) is 6.66. The third-order valence-electron chi connectivity index (χ3n) is 3.40. The highest BCUT2D eigenvalue weighted by atomic mass is 19.1. The van der Waals surface area contributed by atoms with Crippen molar-refractivity contribution in [1.82, 2.24) is 0 Å². The van der Waals surface area contributed by atoms with Crippen molar-refractivity contribution in [2.75, 3.05) is 6.61 Å². The molecule has 12 heteroatoms. The molecule has 0 spiro atoms. The van der Waals surface area contributed by atoms with Crippen molar-refractivity contribution in [3.63, 3.8) is 0 Å². The summed E-state index contributed by atoms with van der Waals surface area (Å²) in [6, 6.07) is 1.14. The summed E-state index contributed by atoms with van der Waals surface area (Å²) in [4.78, 5) is 12.3. The largest absolute Gasteiger partial charge is 0.461 e. The molecule has 0 unspecified atom stereocenters. The van der Waals surface area contributed by atoms with Crippen LogP contribution in [0.5, 0.6) is 5.75 Å². The van der Waals surface area contributed by atoms with E-state index in [0.717, 1.165) is 12.1 Å². The number of hydrogen-bond acceptors (Lipinski definition) is 8. The van der Waals surface area contributed by atoms with Gasteiger partial charge in [0.1, 0.15) is 18.2 Å². The van der Waals surface area contributed by atoms with Gasteiger partial charge in [-0.3, -0.25) is 10.1 Å². The Balaban J connectivity index is 2.27. The van der Waals surface area contributed by atoms with Crippen LogP contribution in [0.15, 0.2) is 23.3 Å². The Labute approximate surface area is 133 Å². The Morgan fingerprint density at radius 2 is 2.17 bits per heavy atom. The molecule has 5 atom stereocenters. The number of aliphatic hydroxyl groups is 3. The fraction of sp³-hybridized carbons (Fsp3) is 0.500. The van der Waals surface area contributed by atoms with Crippen LogP contribution in [0.25, 0.3) is 10.4 Å². The second-order valence-electron chi connectivity index (χ2n) is 4.89. The Bertz CT molecular complexity index is 669. The van der Waals surface area contributed by atoms with Crippen molar-refractivity contribution < 1.29 is 34.1 Å². The Kier molecular flexibility index (Phi) is 5.49. The number of ether oxygens (including phenoxy) is 2. The molecule has 0 aliphatic carbocycles. The molecule has 2 rings (SSSR count). The van der Waals surface area contributed by atoms with Crippen molar-refractivity contribution in [3.8, 4) is 5.75 Å². The lowest BCUT2D eigenvalue weighted by Gasteiger charge is -2.40. The van der Waals surface area contributed by atoms with E-state index in [1.54, 1.807) is 0 Å². The van der Waals surface area contributed by atoms with Gasteiger partial charge in [-0.15, -0.1) is 0 Å². The fourth-order valence-electron chi connectivity index (χ4n) is 2.17. The minimum absolute atomic E-state index is 0.455. The molecular weight excluding hydrogens is 331 g/mol. The number of nitro benzene ring substituents is 1. The number of azide groups is 1. The summed E-state index contributed by atoms with van der Waals surface area (Å²) >= 11 is 0. The van der Waals surface area contributed by atoms with E-state index in [0.29, 0.717) is 6.07 Å². The van der Waals surface area contributed by atoms with Crippen molar-refractivity contribution in [2.45, 2.75) is 30.6 Å². The van der Waals surface area contributed by atoms with Crippen molar-refractivity contribution in [2.24, 2.45) is 5.11 Å². The lowest BCUT2D eigenvalue weighted by atomic mass is 9.98. The summed E-state index contributed by atoms with van der Waals surface area (Å²) in [6.07, 6.45) is -5.95. The minimum Gasteiger partial charge on any atom is -0.461 e. The van der Waals surface area contributed by atoms with Gasteiger partial charge in [0, 0.05) is 11.0 Å². The average molecular weight is 344 g/mol. The first-order chi connectivity index (χ1) is 11.4. The zero-order valence-electron chi connectivity index (χ0n) is 12.0. The number of rotatable bonds is 5. The molecule has 1 fully saturated rings. The maximum atomic E-state index is 13.9. The van der Waals surface area contributed by atoms with E-state index in [-0.39, 0.29) is 0 Å². The first kappa shape index (κ1) is 17.8. The minimum atomic E-state index is -1.63. The number of non-ortho nitro benzene ring substituents is 1. The topological polar surface area (TPSA) is 171 Å². The van der Waals surface area contributed by atoms with Crippen LogP contribution < -0.4 is 4.74 Å². The standard InChI is InChI=1S/C12H13FN4O7/c13-6-3-5(17(21)22)1-2-7(6)23-12-9(15-16-14)11(20)10(19)8(4-18)24-12/h1-3,8-12,18-20H,4H2/t8-,9-,10-,11-,12-/m1/s1. The summed E-state index contributed by atoms with van der Waals surface area (Å²) in [5, 5.41) is 42.6. The fourth-order valence-corrected chi connectivity index (χ4v) is 2.17. The molecule has 1 heterocycles. The summed E-state index contributed by atoms with van der Waals surface area (Å²) in [5.41, 5.74) is 8.04. The number of nitro groups is 1. The van der Waals surface area contributed by atoms with Crippen LogP contribution in [0.2, 0.25) is 0 Å². The van der Waals surface area contributed by atoms with Crippen LogP contribution in [0.4, 0.5) is 10.1 Å². The predicted octanol–water partition coefficient (Wildman–Crippen LogP) is 0.231. The third kappa shape index (κ3) is 3.53. The zero-order valence-corrected chi connectivity index (χ0v) is 12.0. The average Bonchev–Trinajstić information content (AvgIpc) is 2.55. The molecule has 1 saturated heterocycles. The number of nitrogens with zero attached hydrogens (tertiary/aromatic N) is 4. The normalized spacial score (nSPS) is 29.6. The second-order valence-corrected chi connectivity index (χ2v) is 4.89. The van der Waals surface area contributed by atoms with Crippen LogP contribution >= 0.6 is 0 Å². The molecule has 0 radical (unpaired) electrons. The summed E-state index contributed by atoms with van der Waals surface area (Å²) in [5.74, 6) is -1.53. The highest BCUT2D eigenvalue weighted by Crippen LogP contribution is 2.29. The summed E-state index contributed by atoms with van der Waals surface area (Å²) in [6.45, 7) is -0.677. The van der Waals surface area contributed by atoms with E-state index in [4.69, 9.17) is 20.1 Å². The monoisotopic (exact) mass is 344 g/mol. The van der Waals surface area contributed by atoms with Gasteiger partial charge in [0.05, 0.1) is 23.7 Å². The van der Waals surface area contributed by atoms with Crippen LogP contribution in [-0.2, 0) is 4.74 Å². The van der Waals surface area contributed by atoms with Gasteiger partial charge in [0.25, 0.3) is 5.69 Å². The van der Waals surface area contributed by atoms with Crippen molar-refractivity contribution in [1.29, 1.82) is 0 Å². The SMILES string of the molecule is [N-]=[N+]=N[C@H]1[C@H](Oc2ccc([N+](=O)[O-])cc2F)O[C@H](CO)[C@@H](O)[C@@H]1O. The molecule has 1 aliphatic rings. The van der Waals surface area contributed by atoms with Crippen molar-refractivity contribution >= 4 is 5.69 Å². The Morgan fingerprint density at radius 3 is 2.71 bits per heavy atom. The van der Waals surface area contributed by atoms with Gasteiger partial charge in [-0.05, 0) is 11.6 Å². The van der Waals surface area contributed by atoms with E-state index in [9.17, 15) is 24.7 Å². The smallest absolute Gasteiger partial charge is 0.272 e. The van der Waals surface area contributed by atoms with Gasteiger partial charge in [0.15, 0.2) is 11.6 Å². The predicted molar refractivity (Wildman–Crippen MR) is 74.4 cm³/mol. The van der Waals surface area contributed by atoms with Crippen LogP contribution in [0.3, 0.4) is 0 Å². The molecule has 1 aromatic rings. The van der Waals surface area contributed by atoms with Gasteiger partial charge >= 0.3 is 0 Å². The number of benzene rings is 1. The highest BCUT2D eigenvalue weighted by Gasteiger charge is 2.45. The quantitative estimate of drug-likeness (QED) is 0.225. The first-order valence-corrected chi connectivity index (χ1v) is 6.66. The highest BCUT2D eigenvalue weighted by molar-refractivity contribution is 5.37. The molecule has 0 aromatic heterocycles. The number of hydrogen-bond donors (Lipinski definition) is 3. The molecule has 0 bridgehead atoms. The number of aliphatic hydroxyl groups excluding tert-OH is 3. The lowest BCUT2D eigenvalue weighted by molar-refractivity contribution is -0.385. The molecule has 24 heavy (non-hydrogen) atoms. The van der Waals surface area contributed by atoms with Gasteiger partial charge in [0.2, 0.25) is 6.29 Å². The Hall–Kier alpha value is -2.50. The lowest BCUT2D eigenvalue weighted by Crippen LogP contribution is -2.59. The summed E-state index contributed by atoms with van der Waals surface area (Å²) < 4.78 is 24.2. The van der Waals surface area contributed by atoms with E-state index >= 15 is 0 Å². The molecule has 130 valence electrons. The molecular formula is C12H13FN4O7. The van der Waals surface area contributed by atoms with Gasteiger partial charge in [-0.1, -0.05) is 5.11 Å². The van der Waals surface area contributed by atoms with Gasteiger partial charge in [-0.25, -0.2) is 4.39 Å². The second kappa shape index (κ2) is 7.38. The Morgan fingerprint density at radius 1 is 1.46 bits per heavy atom. The maximum Gasteiger partial charge on any atom is 0.272 e. The summed E-state index contributed by atoms with van der Waals surface area (Å²) in [7, 11) is 0. The van der Waals surface area contributed by atoms with E-state index in [1.807, 2.05) is 0 Å². The van der Waals surface area contributed by atoms with E-state index in [2.05, 4.69) is 10.0 Å². The molecule has 3 N–H and O–H groups in total. The molecule has 11 nitrogen and oxygen atoms in total. The van der Waals surface area contributed by atoms with Crippen molar-refractivity contribution in [3.05, 3.63) is 44.6 Å². The maximum absolute atomic E-state index is 13.9. The molecule has 1 aromatic carbocycles. The molecule has 0 amide bonds. The van der Waals surface area contributed by atoms with E-state index in [1.165, 1.54) is 0 Å². The molecule has 1 aliphatic heterocycles. The van der Waals surface area contributed by atoms with E-state index < -0.39 is 59.4 Å². The van der Waals surface area contributed by atoms with Crippen LogP contribution in [0, 0.1) is 15.9 Å². The molecule has 0 saturated carbocycles. The third-order valence-corrected chi connectivity index (χ3v) is 3.40. The van der Waals surface area contributed by atoms with Gasteiger partial charge in [-0.2, -0.15) is 0 Å².